The number of fused-ring (bicyclic) bond motifs is 2. The second-order valence-corrected chi connectivity index (χ2v) is 3.99. The number of nitrogens with one attached hydrogen (secondary N) is 1. The predicted octanol–water partition coefficient (Wildman–Crippen LogP) is 1.54. The SMILES string of the molecule is C1=CC2=CC=C1C2.OC1CCCNC1. The van der Waals surface area contributed by atoms with Crippen molar-refractivity contribution in [2.24, 2.45) is 0 Å². The van der Waals surface area contributed by atoms with Gasteiger partial charge in [-0.2, -0.15) is 0 Å². The highest BCUT2D eigenvalue weighted by molar-refractivity contribution is 5.49. The van der Waals surface area contributed by atoms with Gasteiger partial charge in [0, 0.05) is 6.54 Å². The zero-order valence-corrected chi connectivity index (χ0v) is 8.37. The number of piperidine rings is 1. The lowest BCUT2D eigenvalue weighted by Gasteiger charge is -2.16. The summed E-state index contributed by atoms with van der Waals surface area (Å²) in [5.41, 5.74) is 2.94. The van der Waals surface area contributed by atoms with Gasteiger partial charge in [0.15, 0.2) is 0 Å². The number of β-amino-alcohol motifs (C(OH)–C–C–N with tert-alkyl or cyclic N) is 1. The van der Waals surface area contributed by atoms with E-state index in [9.17, 15) is 0 Å². The van der Waals surface area contributed by atoms with Gasteiger partial charge in [0.1, 0.15) is 0 Å². The predicted molar refractivity (Wildman–Crippen MR) is 58.0 cm³/mol. The van der Waals surface area contributed by atoms with Gasteiger partial charge in [-0.3, -0.25) is 0 Å². The Kier molecular flexibility index (Phi) is 3.17. The van der Waals surface area contributed by atoms with E-state index >= 15 is 0 Å². The topological polar surface area (TPSA) is 32.3 Å². The van der Waals surface area contributed by atoms with Crippen LogP contribution in [0.5, 0.6) is 0 Å². The van der Waals surface area contributed by atoms with Gasteiger partial charge >= 0.3 is 0 Å². The van der Waals surface area contributed by atoms with Crippen LogP contribution in [-0.4, -0.2) is 24.3 Å². The van der Waals surface area contributed by atoms with Gasteiger partial charge in [-0.1, -0.05) is 24.3 Å². The van der Waals surface area contributed by atoms with Crippen LogP contribution in [0.2, 0.25) is 0 Å². The minimum absolute atomic E-state index is 0.0752. The molecule has 2 aliphatic carbocycles. The molecular weight excluding hydrogens is 174 g/mol. The van der Waals surface area contributed by atoms with E-state index < -0.39 is 0 Å². The van der Waals surface area contributed by atoms with Gasteiger partial charge in [-0.15, -0.1) is 0 Å². The van der Waals surface area contributed by atoms with Crippen LogP contribution in [0, 0.1) is 0 Å². The van der Waals surface area contributed by atoms with Crippen molar-refractivity contribution in [3.8, 4) is 0 Å². The fourth-order valence-corrected chi connectivity index (χ4v) is 1.84. The van der Waals surface area contributed by atoms with Crippen molar-refractivity contribution in [1.29, 1.82) is 0 Å². The van der Waals surface area contributed by atoms with Gasteiger partial charge in [0.05, 0.1) is 6.10 Å². The molecule has 76 valence electrons. The van der Waals surface area contributed by atoms with Gasteiger partial charge in [-0.05, 0) is 37.0 Å². The zero-order chi connectivity index (χ0) is 9.80. The standard InChI is InChI=1S/C7H6.C5H11NO/c1-2-7-4-3-6(1)5-7;7-5-2-1-3-6-4-5/h1-4H,5H2;5-7H,1-4H2. The monoisotopic (exact) mass is 191 g/mol. The molecule has 2 N–H and O–H groups in total. The fourth-order valence-electron chi connectivity index (χ4n) is 1.84. The molecule has 1 unspecified atom stereocenters. The number of allylic oxidation sites excluding steroid dienone is 6. The van der Waals surface area contributed by atoms with Crippen molar-refractivity contribution in [2.45, 2.75) is 25.4 Å². The second kappa shape index (κ2) is 4.58. The van der Waals surface area contributed by atoms with E-state index in [1.807, 2.05) is 0 Å². The number of hydrogen-bond donors (Lipinski definition) is 2. The minimum atomic E-state index is -0.0752. The van der Waals surface area contributed by atoms with Crippen LogP contribution in [0.3, 0.4) is 0 Å². The molecule has 0 radical (unpaired) electrons. The van der Waals surface area contributed by atoms with Gasteiger partial charge in [0.2, 0.25) is 0 Å². The quantitative estimate of drug-likeness (QED) is 0.609. The zero-order valence-electron chi connectivity index (χ0n) is 8.37. The Balaban J connectivity index is 0.000000107. The largest absolute Gasteiger partial charge is 0.392 e. The molecule has 1 atom stereocenters. The Morgan fingerprint density at radius 2 is 1.93 bits per heavy atom. The van der Waals surface area contributed by atoms with Crippen LogP contribution in [0.15, 0.2) is 35.5 Å². The molecule has 0 saturated carbocycles. The van der Waals surface area contributed by atoms with Crippen LogP contribution in [0.1, 0.15) is 19.3 Å². The Bertz CT molecular complexity index is 263. The van der Waals surface area contributed by atoms with E-state index in [-0.39, 0.29) is 6.10 Å². The fraction of sp³-hybridized carbons (Fsp3) is 0.500. The van der Waals surface area contributed by atoms with E-state index in [1.54, 1.807) is 0 Å². The maximum Gasteiger partial charge on any atom is 0.0665 e. The molecule has 2 nitrogen and oxygen atoms in total. The highest BCUT2D eigenvalue weighted by Gasteiger charge is 2.08. The summed E-state index contributed by atoms with van der Waals surface area (Å²) in [7, 11) is 0. The molecule has 0 spiro atoms. The molecular formula is C12H17NO. The Labute approximate surface area is 85.0 Å². The summed E-state index contributed by atoms with van der Waals surface area (Å²) in [5, 5.41) is 11.9. The second-order valence-electron chi connectivity index (χ2n) is 3.99. The third kappa shape index (κ3) is 2.56. The molecule has 14 heavy (non-hydrogen) atoms. The van der Waals surface area contributed by atoms with Crippen molar-refractivity contribution in [1.82, 2.24) is 5.32 Å². The lowest BCUT2D eigenvalue weighted by Crippen LogP contribution is -2.33. The summed E-state index contributed by atoms with van der Waals surface area (Å²) in [6, 6.07) is 0. The highest BCUT2D eigenvalue weighted by atomic mass is 16.3. The van der Waals surface area contributed by atoms with Gasteiger partial charge in [-0.25, -0.2) is 0 Å². The van der Waals surface area contributed by atoms with E-state index in [4.69, 9.17) is 5.11 Å². The van der Waals surface area contributed by atoms with Crippen molar-refractivity contribution in [3.05, 3.63) is 35.5 Å². The molecule has 1 fully saturated rings. The molecule has 0 amide bonds. The van der Waals surface area contributed by atoms with Crippen LogP contribution in [0.25, 0.3) is 0 Å². The highest BCUT2D eigenvalue weighted by Crippen LogP contribution is 2.27. The Morgan fingerprint density at radius 3 is 2.14 bits per heavy atom. The Morgan fingerprint density at radius 1 is 1.21 bits per heavy atom. The van der Waals surface area contributed by atoms with E-state index in [0.29, 0.717) is 0 Å². The van der Waals surface area contributed by atoms with Crippen molar-refractivity contribution in [2.75, 3.05) is 13.1 Å². The van der Waals surface area contributed by atoms with E-state index in [1.165, 1.54) is 17.6 Å². The van der Waals surface area contributed by atoms with E-state index in [0.717, 1.165) is 25.9 Å². The molecule has 0 aromatic rings. The molecule has 3 rings (SSSR count). The molecule has 2 bridgehead atoms. The summed E-state index contributed by atoms with van der Waals surface area (Å²) in [6.45, 7) is 1.87. The summed E-state index contributed by atoms with van der Waals surface area (Å²) in [4.78, 5) is 0. The van der Waals surface area contributed by atoms with Crippen molar-refractivity contribution >= 4 is 0 Å². The molecule has 2 heteroatoms. The normalized spacial score (nSPS) is 27.9. The van der Waals surface area contributed by atoms with Gasteiger partial charge < -0.3 is 10.4 Å². The number of hydrogen-bond acceptors (Lipinski definition) is 2. The van der Waals surface area contributed by atoms with Crippen molar-refractivity contribution in [3.63, 3.8) is 0 Å². The first-order valence-electron chi connectivity index (χ1n) is 5.31. The molecule has 3 aliphatic rings. The first-order valence-corrected chi connectivity index (χ1v) is 5.31. The summed E-state index contributed by atoms with van der Waals surface area (Å²) in [6.07, 6.45) is 11.9. The maximum atomic E-state index is 8.85. The third-order valence-corrected chi connectivity index (χ3v) is 2.70. The van der Waals surface area contributed by atoms with Crippen LogP contribution < -0.4 is 5.32 Å². The van der Waals surface area contributed by atoms with Crippen LogP contribution >= 0.6 is 0 Å². The van der Waals surface area contributed by atoms with E-state index in [2.05, 4.69) is 29.6 Å². The maximum absolute atomic E-state index is 8.85. The lowest BCUT2D eigenvalue weighted by molar-refractivity contribution is 0.142. The lowest BCUT2D eigenvalue weighted by atomic mass is 10.1. The van der Waals surface area contributed by atoms with Crippen LogP contribution in [0.4, 0.5) is 0 Å². The first kappa shape index (κ1) is 9.69. The number of aliphatic hydroxyl groups is 1. The summed E-state index contributed by atoms with van der Waals surface area (Å²) < 4.78 is 0. The number of rotatable bonds is 0. The smallest absolute Gasteiger partial charge is 0.0665 e. The van der Waals surface area contributed by atoms with Crippen LogP contribution in [-0.2, 0) is 0 Å². The average Bonchev–Trinajstić information content (AvgIpc) is 2.83. The third-order valence-electron chi connectivity index (χ3n) is 2.70. The summed E-state index contributed by atoms with van der Waals surface area (Å²) in [5.74, 6) is 0. The molecule has 1 aliphatic heterocycles. The molecule has 1 saturated heterocycles. The van der Waals surface area contributed by atoms with Gasteiger partial charge in [0.25, 0.3) is 0 Å². The molecule has 0 aromatic heterocycles. The number of aliphatic hydroxyl groups excluding tert-OH is 1. The summed E-state index contributed by atoms with van der Waals surface area (Å²) >= 11 is 0. The minimum Gasteiger partial charge on any atom is -0.392 e. The Hall–Kier alpha value is -0.860. The molecule has 1 heterocycles. The first-order chi connectivity index (χ1) is 6.84. The molecule has 0 aromatic carbocycles. The average molecular weight is 191 g/mol. The van der Waals surface area contributed by atoms with Crippen molar-refractivity contribution < 1.29 is 5.11 Å².